The van der Waals surface area contributed by atoms with Crippen molar-refractivity contribution in [1.82, 2.24) is 0 Å². The molecular weight excluding hydrogens is 276 g/mol. The van der Waals surface area contributed by atoms with Gasteiger partial charge >= 0.3 is 0 Å². The quantitative estimate of drug-likeness (QED) is 0.838. The van der Waals surface area contributed by atoms with Gasteiger partial charge in [0.1, 0.15) is 0 Å². The van der Waals surface area contributed by atoms with Crippen LogP contribution in [0.25, 0.3) is 0 Å². The Balaban J connectivity index is 2.39. The zero-order chi connectivity index (χ0) is 14.8. The lowest BCUT2D eigenvalue weighted by Gasteiger charge is -2.36. The van der Waals surface area contributed by atoms with E-state index in [1.165, 1.54) is 12.5 Å². The molecule has 1 fully saturated rings. The topological polar surface area (TPSA) is 74.6 Å². The number of aryl methyl sites for hydroxylation is 1. The number of hydrogen-bond donors (Lipinski definition) is 2. The van der Waals surface area contributed by atoms with Gasteiger partial charge in [-0.25, -0.2) is 0 Å². The van der Waals surface area contributed by atoms with E-state index in [4.69, 9.17) is 0 Å². The zero-order valence-corrected chi connectivity index (χ0v) is 12.6. The average molecular weight is 298 g/mol. The summed E-state index contributed by atoms with van der Waals surface area (Å²) in [5.74, 6) is 0. The smallest absolute Gasteiger partial charge is 0.294 e. The van der Waals surface area contributed by atoms with Gasteiger partial charge in [0, 0.05) is 6.61 Å². The normalized spacial score (nSPS) is 18.9. The van der Waals surface area contributed by atoms with E-state index in [9.17, 15) is 18.1 Å². The fourth-order valence-corrected chi connectivity index (χ4v) is 3.90. The van der Waals surface area contributed by atoms with Crippen LogP contribution in [0, 0.1) is 12.3 Å². The van der Waals surface area contributed by atoms with E-state index >= 15 is 0 Å². The van der Waals surface area contributed by atoms with Crippen molar-refractivity contribution in [2.45, 2.75) is 50.3 Å². The maximum Gasteiger partial charge on any atom is 0.294 e. The number of benzene rings is 1. The number of rotatable bonds is 4. The van der Waals surface area contributed by atoms with E-state index in [0.29, 0.717) is 12.0 Å². The molecule has 0 aromatic heterocycles. The molecule has 0 heterocycles. The van der Waals surface area contributed by atoms with Gasteiger partial charge < -0.3 is 5.11 Å². The lowest BCUT2D eigenvalue weighted by molar-refractivity contribution is 0.0817. The second kappa shape index (κ2) is 5.84. The minimum atomic E-state index is -4.22. The Morgan fingerprint density at radius 3 is 2.40 bits per heavy atom. The molecule has 0 saturated heterocycles. The summed E-state index contributed by atoms with van der Waals surface area (Å²) in [6.07, 6.45) is 5.60. The van der Waals surface area contributed by atoms with Gasteiger partial charge in [0.15, 0.2) is 0 Å². The number of hydrogen-bond acceptors (Lipinski definition) is 3. The van der Waals surface area contributed by atoms with Crippen LogP contribution in [-0.4, -0.2) is 24.7 Å². The van der Waals surface area contributed by atoms with Crippen molar-refractivity contribution in [1.29, 1.82) is 0 Å². The van der Waals surface area contributed by atoms with Gasteiger partial charge in [0.2, 0.25) is 0 Å². The van der Waals surface area contributed by atoms with E-state index in [0.717, 1.165) is 31.2 Å². The fraction of sp³-hybridized carbons (Fsp3) is 0.600. The van der Waals surface area contributed by atoms with Crippen molar-refractivity contribution in [3.63, 3.8) is 0 Å². The Morgan fingerprint density at radius 2 is 1.85 bits per heavy atom. The Bertz CT molecular complexity index is 572. The van der Waals surface area contributed by atoms with Gasteiger partial charge in [0.05, 0.1) is 4.90 Å². The number of aliphatic hydroxyl groups excluding tert-OH is 1. The minimum absolute atomic E-state index is 0.0264. The van der Waals surface area contributed by atoms with Gasteiger partial charge in [-0.15, -0.1) is 0 Å². The predicted octanol–water partition coefficient (Wildman–Crippen LogP) is 2.73. The van der Waals surface area contributed by atoms with E-state index in [-0.39, 0.29) is 16.9 Å². The standard InChI is InChI=1S/C15H22O4S/c1-12-5-6-14(20(17,18)19)13(9-12)10-15(11-16)7-3-2-4-8-15/h5-6,9,16H,2-4,7-8,10-11H2,1H3,(H,17,18,19). The molecule has 0 bridgehead atoms. The molecule has 1 aliphatic rings. The monoisotopic (exact) mass is 298 g/mol. The van der Waals surface area contributed by atoms with Crippen LogP contribution in [-0.2, 0) is 16.5 Å². The molecule has 2 rings (SSSR count). The molecule has 1 aromatic rings. The molecule has 0 atom stereocenters. The molecule has 1 saturated carbocycles. The zero-order valence-electron chi connectivity index (χ0n) is 11.8. The van der Waals surface area contributed by atoms with Crippen molar-refractivity contribution in [3.05, 3.63) is 29.3 Å². The van der Waals surface area contributed by atoms with E-state index in [1.54, 1.807) is 12.1 Å². The first-order chi connectivity index (χ1) is 9.36. The molecule has 112 valence electrons. The van der Waals surface area contributed by atoms with Gasteiger partial charge in [-0.3, -0.25) is 4.55 Å². The van der Waals surface area contributed by atoms with Crippen molar-refractivity contribution in [3.8, 4) is 0 Å². The largest absolute Gasteiger partial charge is 0.396 e. The van der Waals surface area contributed by atoms with Gasteiger partial charge in [0.25, 0.3) is 10.1 Å². The van der Waals surface area contributed by atoms with Crippen LogP contribution in [0.15, 0.2) is 23.1 Å². The van der Waals surface area contributed by atoms with Crippen LogP contribution in [0.5, 0.6) is 0 Å². The molecule has 0 spiro atoms. The third-order valence-corrected chi connectivity index (χ3v) is 5.26. The summed E-state index contributed by atoms with van der Waals surface area (Å²) >= 11 is 0. The van der Waals surface area contributed by atoms with Crippen LogP contribution in [0.2, 0.25) is 0 Å². The predicted molar refractivity (Wildman–Crippen MR) is 77.3 cm³/mol. The van der Waals surface area contributed by atoms with Crippen molar-refractivity contribution in [2.24, 2.45) is 5.41 Å². The summed E-state index contributed by atoms with van der Waals surface area (Å²) < 4.78 is 32.3. The Hall–Kier alpha value is -0.910. The molecule has 1 aromatic carbocycles. The maximum atomic E-state index is 11.5. The first-order valence-corrected chi connectivity index (χ1v) is 8.48. The number of aliphatic hydroxyl groups is 1. The summed E-state index contributed by atoms with van der Waals surface area (Å²) in [6, 6.07) is 4.93. The van der Waals surface area contributed by atoms with E-state index < -0.39 is 10.1 Å². The van der Waals surface area contributed by atoms with E-state index in [1.807, 2.05) is 6.92 Å². The highest BCUT2D eigenvalue weighted by molar-refractivity contribution is 7.85. The van der Waals surface area contributed by atoms with Gasteiger partial charge in [-0.1, -0.05) is 37.0 Å². The Morgan fingerprint density at radius 1 is 1.20 bits per heavy atom. The molecule has 2 N–H and O–H groups in total. The summed E-state index contributed by atoms with van der Waals surface area (Å²) in [5.41, 5.74) is 1.32. The highest BCUT2D eigenvalue weighted by atomic mass is 32.2. The molecular formula is C15H22O4S. The molecule has 20 heavy (non-hydrogen) atoms. The van der Waals surface area contributed by atoms with E-state index in [2.05, 4.69) is 0 Å². The molecule has 1 aliphatic carbocycles. The fourth-order valence-electron chi connectivity index (χ4n) is 3.19. The summed E-state index contributed by atoms with van der Waals surface area (Å²) in [4.78, 5) is -0.0264. The van der Waals surface area contributed by atoms with Crippen LogP contribution in [0.3, 0.4) is 0 Å². The van der Waals surface area contributed by atoms with Crippen LogP contribution in [0.1, 0.15) is 43.2 Å². The second-order valence-corrected chi connectivity index (χ2v) is 7.37. The third kappa shape index (κ3) is 3.40. The summed E-state index contributed by atoms with van der Waals surface area (Å²) in [7, 11) is -4.22. The maximum absolute atomic E-state index is 11.5. The van der Waals surface area contributed by atoms with Crippen LogP contribution in [0.4, 0.5) is 0 Å². The molecule has 5 heteroatoms. The molecule has 4 nitrogen and oxygen atoms in total. The lowest BCUT2D eigenvalue weighted by Crippen LogP contribution is -2.31. The van der Waals surface area contributed by atoms with Crippen molar-refractivity contribution < 1.29 is 18.1 Å². The van der Waals surface area contributed by atoms with Crippen LogP contribution < -0.4 is 0 Å². The first-order valence-electron chi connectivity index (χ1n) is 7.04. The molecule has 0 radical (unpaired) electrons. The van der Waals surface area contributed by atoms with Gasteiger partial charge in [-0.2, -0.15) is 8.42 Å². The summed E-state index contributed by atoms with van der Waals surface area (Å²) in [6.45, 7) is 1.95. The average Bonchev–Trinajstić information content (AvgIpc) is 2.38. The third-order valence-electron chi connectivity index (χ3n) is 4.31. The first kappa shape index (κ1) is 15.5. The minimum Gasteiger partial charge on any atom is -0.396 e. The Kier molecular flexibility index (Phi) is 4.52. The van der Waals surface area contributed by atoms with Crippen LogP contribution >= 0.6 is 0 Å². The Labute approximate surface area is 120 Å². The SMILES string of the molecule is Cc1ccc(S(=O)(=O)O)c(CC2(CO)CCCCC2)c1. The highest BCUT2D eigenvalue weighted by Gasteiger charge is 2.33. The molecule has 0 unspecified atom stereocenters. The van der Waals surface area contributed by atoms with Gasteiger partial charge in [-0.05, 0) is 43.2 Å². The van der Waals surface area contributed by atoms with Crippen molar-refractivity contribution >= 4 is 10.1 Å². The second-order valence-electron chi connectivity index (χ2n) is 5.98. The lowest BCUT2D eigenvalue weighted by atomic mass is 9.71. The molecule has 0 aliphatic heterocycles. The highest BCUT2D eigenvalue weighted by Crippen LogP contribution is 2.40. The molecule has 0 amide bonds. The van der Waals surface area contributed by atoms with Crippen molar-refractivity contribution in [2.75, 3.05) is 6.61 Å². The summed E-state index contributed by atoms with van der Waals surface area (Å²) in [5, 5.41) is 9.75.